The van der Waals surface area contributed by atoms with Crippen LogP contribution < -0.4 is 4.90 Å². The number of piperazine rings is 1. The Balaban J connectivity index is 1.66. The third-order valence-corrected chi connectivity index (χ3v) is 6.08. The molecule has 0 aliphatic carbocycles. The normalized spacial score (nSPS) is 16.5. The van der Waals surface area contributed by atoms with Crippen molar-refractivity contribution < 1.29 is 8.42 Å². The summed E-state index contributed by atoms with van der Waals surface area (Å²) in [5, 5.41) is 0. The fourth-order valence-electron chi connectivity index (χ4n) is 2.70. The lowest BCUT2D eigenvalue weighted by Crippen LogP contribution is -2.49. The molecule has 0 unspecified atom stereocenters. The molecule has 1 fully saturated rings. The average Bonchev–Trinajstić information content (AvgIpc) is 3.15. The van der Waals surface area contributed by atoms with E-state index in [1.54, 1.807) is 16.8 Å². The highest BCUT2D eigenvalue weighted by atomic mass is 32.2. The van der Waals surface area contributed by atoms with Crippen molar-refractivity contribution in [1.82, 2.24) is 23.8 Å². The molecule has 1 aliphatic rings. The Labute approximate surface area is 142 Å². The number of hydrogen-bond acceptors (Lipinski definition) is 6. The highest BCUT2D eigenvalue weighted by Crippen LogP contribution is 2.17. The van der Waals surface area contributed by atoms with Gasteiger partial charge in [0.15, 0.2) is 0 Å². The minimum absolute atomic E-state index is 0.238. The predicted octanol–water partition coefficient (Wildman–Crippen LogP) is 0.914. The van der Waals surface area contributed by atoms with Gasteiger partial charge >= 0.3 is 0 Å². The maximum atomic E-state index is 12.3. The fourth-order valence-corrected chi connectivity index (χ4v) is 4.33. The van der Waals surface area contributed by atoms with E-state index in [1.165, 1.54) is 6.33 Å². The Hall–Kier alpha value is -2.00. The highest BCUT2D eigenvalue weighted by molar-refractivity contribution is 7.89. The molecule has 0 N–H and O–H groups in total. The number of rotatable bonds is 6. The molecule has 2 aromatic heterocycles. The Morgan fingerprint density at radius 1 is 1.12 bits per heavy atom. The Bertz CT molecular complexity index is 754. The summed E-state index contributed by atoms with van der Waals surface area (Å²) in [5.41, 5.74) is 0. The Kier molecular flexibility index (Phi) is 5.10. The van der Waals surface area contributed by atoms with Crippen LogP contribution >= 0.6 is 0 Å². The van der Waals surface area contributed by atoms with Gasteiger partial charge < -0.3 is 4.90 Å². The zero-order valence-corrected chi connectivity index (χ0v) is 14.6. The van der Waals surface area contributed by atoms with Crippen molar-refractivity contribution in [3.63, 3.8) is 0 Å². The van der Waals surface area contributed by atoms with Crippen LogP contribution in [0.25, 0.3) is 5.82 Å². The van der Waals surface area contributed by atoms with Crippen molar-refractivity contribution in [3.8, 4) is 5.82 Å². The molecule has 3 heterocycles. The minimum atomic E-state index is -3.13. The van der Waals surface area contributed by atoms with Crippen LogP contribution in [0.4, 0.5) is 5.82 Å². The van der Waals surface area contributed by atoms with Gasteiger partial charge in [0.05, 0.1) is 5.75 Å². The van der Waals surface area contributed by atoms with Gasteiger partial charge in [0, 0.05) is 44.6 Å². The van der Waals surface area contributed by atoms with Crippen LogP contribution in [0.5, 0.6) is 0 Å². The molecule has 0 saturated carbocycles. The maximum Gasteiger partial charge on any atom is 0.214 e. The van der Waals surface area contributed by atoms with E-state index in [0.717, 1.165) is 18.1 Å². The number of imidazole rings is 1. The Morgan fingerprint density at radius 2 is 1.88 bits per heavy atom. The van der Waals surface area contributed by atoms with Crippen LogP contribution in [0, 0.1) is 0 Å². The lowest BCUT2D eigenvalue weighted by molar-refractivity contribution is 0.383. The van der Waals surface area contributed by atoms with Gasteiger partial charge in [-0.15, -0.1) is 0 Å². The maximum absolute atomic E-state index is 12.3. The number of nitrogens with zero attached hydrogens (tertiary/aromatic N) is 6. The van der Waals surface area contributed by atoms with Crippen LogP contribution in [-0.4, -0.2) is 64.2 Å². The van der Waals surface area contributed by atoms with Crippen molar-refractivity contribution in [2.24, 2.45) is 0 Å². The van der Waals surface area contributed by atoms with Gasteiger partial charge in [-0.05, 0) is 6.42 Å². The van der Waals surface area contributed by atoms with Crippen LogP contribution in [-0.2, 0) is 10.0 Å². The highest BCUT2D eigenvalue weighted by Gasteiger charge is 2.27. The van der Waals surface area contributed by atoms with Gasteiger partial charge in [0.25, 0.3) is 0 Å². The van der Waals surface area contributed by atoms with Crippen LogP contribution in [0.2, 0.25) is 0 Å². The van der Waals surface area contributed by atoms with Gasteiger partial charge in [-0.25, -0.2) is 23.4 Å². The first-order valence-electron chi connectivity index (χ1n) is 8.13. The van der Waals surface area contributed by atoms with E-state index in [4.69, 9.17) is 0 Å². The summed E-state index contributed by atoms with van der Waals surface area (Å²) in [6.45, 7) is 4.25. The molecule has 2 aromatic rings. The summed E-state index contributed by atoms with van der Waals surface area (Å²) in [6.07, 6.45) is 8.32. The summed E-state index contributed by atoms with van der Waals surface area (Å²) < 4.78 is 27.9. The molecule has 3 rings (SSSR count). The average molecular weight is 350 g/mol. The molecule has 0 spiro atoms. The quantitative estimate of drug-likeness (QED) is 0.770. The Morgan fingerprint density at radius 3 is 2.54 bits per heavy atom. The smallest absolute Gasteiger partial charge is 0.214 e. The summed E-state index contributed by atoms with van der Waals surface area (Å²) in [6, 6.07) is 1.89. The van der Waals surface area contributed by atoms with Crippen molar-refractivity contribution in [2.75, 3.05) is 36.8 Å². The third-order valence-electron chi connectivity index (χ3n) is 4.12. The molecule has 0 aromatic carbocycles. The SMILES string of the molecule is CCCCS(=O)(=O)N1CCN(c2cc(-n3ccnc3)ncn2)CC1. The van der Waals surface area contributed by atoms with Gasteiger partial charge in [-0.1, -0.05) is 13.3 Å². The second-order valence-corrected chi connectivity index (χ2v) is 7.85. The number of sulfonamides is 1. The molecule has 24 heavy (non-hydrogen) atoms. The fraction of sp³-hybridized carbons (Fsp3) is 0.533. The van der Waals surface area contributed by atoms with Crippen molar-refractivity contribution in [1.29, 1.82) is 0 Å². The number of unbranched alkanes of at least 4 members (excludes halogenated alkanes) is 1. The first-order chi connectivity index (χ1) is 11.6. The topological polar surface area (TPSA) is 84.2 Å². The van der Waals surface area contributed by atoms with Crippen LogP contribution in [0.15, 0.2) is 31.1 Å². The lowest BCUT2D eigenvalue weighted by Gasteiger charge is -2.34. The zero-order chi connectivity index (χ0) is 17.0. The monoisotopic (exact) mass is 350 g/mol. The second kappa shape index (κ2) is 7.27. The molecule has 1 saturated heterocycles. The lowest BCUT2D eigenvalue weighted by atomic mass is 10.3. The van der Waals surface area contributed by atoms with Gasteiger partial charge in [0.2, 0.25) is 10.0 Å². The molecule has 1 aliphatic heterocycles. The number of aromatic nitrogens is 4. The van der Waals surface area contributed by atoms with E-state index < -0.39 is 10.0 Å². The predicted molar refractivity (Wildman–Crippen MR) is 91.6 cm³/mol. The van der Waals surface area contributed by atoms with Crippen LogP contribution in [0.1, 0.15) is 19.8 Å². The summed E-state index contributed by atoms with van der Waals surface area (Å²) in [7, 11) is -3.13. The van der Waals surface area contributed by atoms with Gasteiger partial charge in [-0.2, -0.15) is 4.31 Å². The van der Waals surface area contributed by atoms with E-state index in [0.29, 0.717) is 32.6 Å². The largest absolute Gasteiger partial charge is 0.354 e. The van der Waals surface area contributed by atoms with E-state index in [2.05, 4.69) is 19.9 Å². The molecule has 9 heteroatoms. The molecule has 130 valence electrons. The second-order valence-electron chi connectivity index (χ2n) is 5.76. The number of anilines is 1. The minimum Gasteiger partial charge on any atom is -0.354 e. The van der Waals surface area contributed by atoms with E-state index >= 15 is 0 Å². The van der Waals surface area contributed by atoms with E-state index in [1.807, 2.05) is 23.8 Å². The van der Waals surface area contributed by atoms with E-state index in [9.17, 15) is 8.42 Å². The summed E-state index contributed by atoms with van der Waals surface area (Å²) >= 11 is 0. The molecule has 0 atom stereocenters. The van der Waals surface area contributed by atoms with Crippen LogP contribution in [0.3, 0.4) is 0 Å². The first kappa shape index (κ1) is 16.8. The molecule has 8 nitrogen and oxygen atoms in total. The summed E-state index contributed by atoms with van der Waals surface area (Å²) in [5.74, 6) is 1.79. The molecule has 0 amide bonds. The van der Waals surface area contributed by atoms with Gasteiger partial charge in [-0.3, -0.25) is 4.57 Å². The summed E-state index contributed by atoms with van der Waals surface area (Å²) in [4.78, 5) is 14.7. The number of hydrogen-bond donors (Lipinski definition) is 0. The third kappa shape index (κ3) is 3.73. The molecule has 0 radical (unpaired) electrons. The molecule has 0 bridgehead atoms. The van der Waals surface area contributed by atoms with Crippen molar-refractivity contribution in [2.45, 2.75) is 19.8 Å². The molecular formula is C15H22N6O2S. The van der Waals surface area contributed by atoms with Gasteiger partial charge in [0.1, 0.15) is 24.3 Å². The first-order valence-corrected chi connectivity index (χ1v) is 9.74. The standard InChI is InChI=1S/C15H22N6O2S/c1-2-3-10-24(22,23)21-8-6-19(7-9-21)14-11-15(18-12-17-14)20-5-4-16-13-20/h4-5,11-13H,2-3,6-10H2,1H3. The van der Waals surface area contributed by atoms with E-state index in [-0.39, 0.29) is 5.75 Å². The zero-order valence-electron chi connectivity index (χ0n) is 13.7. The molecular weight excluding hydrogens is 328 g/mol. The van der Waals surface area contributed by atoms with Crippen molar-refractivity contribution in [3.05, 3.63) is 31.1 Å². The van der Waals surface area contributed by atoms with Crippen molar-refractivity contribution >= 4 is 15.8 Å².